The number of esters is 2. The van der Waals surface area contributed by atoms with Gasteiger partial charge in [-0.15, -0.1) is 0 Å². The maximum atomic E-state index is 11.3. The molecule has 0 radical (unpaired) electrons. The summed E-state index contributed by atoms with van der Waals surface area (Å²) in [5.74, 6) is -1.70. The lowest BCUT2D eigenvalue weighted by molar-refractivity contribution is -0.148. The van der Waals surface area contributed by atoms with Crippen molar-refractivity contribution < 1.29 is 23.9 Å². The average Bonchev–Trinajstić information content (AvgIpc) is 2.27. The van der Waals surface area contributed by atoms with Crippen molar-refractivity contribution in [3.05, 3.63) is 0 Å². The van der Waals surface area contributed by atoms with E-state index < -0.39 is 30.3 Å². The standard InChI is InChI=1S/C10H17NO5/c1-4-5-7(10(14)16-3)11-8(12)6-9(13)15-2/h7H,4-6H2,1-3H3,(H,11,12). The van der Waals surface area contributed by atoms with E-state index in [4.69, 9.17) is 0 Å². The van der Waals surface area contributed by atoms with Crippen LogP contribution in [-0.2, 0) is 23.9 Å². The Morgan fingerprint density at radius 2 is 1.81 bits per heavy atom. The van der Waals surface area contributed by atoms with Crippen LogP contribution in [0.4, 0.5) is 0 Å². The Morgan fingerprint density at radius 1 is 1.19 bits per heavy atom. The van der Waals surface area contributed by atoms with Crippen LogP contribution in [0.2, 0.25) is 0 Å². The molecule has 6 nitrogen and oxygen atoms in total. The van der Waals surface area contributed by atoms with Gasteiger partial charge in [0.15, 0.2) is 0 Å². The molecule has 0 aromatic carbocycles. The highest BCUT2D eigenvalue weighted by atomic mass is 16.5. The van der Waals surface area contributed by atoms with Gasteiger partial charge >= 0.3 is 11.9 Å². The molecule has 6 heteroatoms. The molecule has 1 atom stereocenters. The summed E-state index contributed by atoms with van der Waals surface area (Å²) in [7, 11) is 2.44. The molecule has 0 aliphatic heterocycles. The number of nitrogens with one attached hydrogen (secondary N) is 1. The molecule has 0 saturated heterocycles. The number of amides is 1. The predicted molar refractivity (Wildman–Crippen MR) is 55.5 cm³/mol. The third-order valence-electron chi connectivity index (χ3n) is 1.93. The fourth-order valence-corrected chi connectivity index (χ4v) is 1.13. The van der Waals surface area contributed by atoms with Crippen molar-refractivity contribution >= 4 is 17.8 Å². The molecule has 0 aromatic rings. The summed E-state index contributed by atoms with van der Waals surface area (Å²) in [6, 6.07) is -0.702. The normalized spacial score (nSPS) is 11.4. The molecule has 0 aromatic heterocycles. The monoisotopic (exact) mass is 231 g/mol. The highest BCUT2D eigenvalue weighted by Crippen LogP contribution is 1.99. The Hall–Kier alpha value is -1.59. The third kappa shape index (κ3) is 5.33. The fourth-order valence-electron chi connectivity index (χ4n) is 1.13. The van der Waals surface area contributed by atoms with Crippen molar-refractivity contribution in [2.45, 2.75) is 32.2 Å². The molecule has 0 heterocycles. The first-order chi connectivity index (χ1) is 7.54. The highest BCUT2D eigenvalue weighted by molar-refractivity contribution is 5.96. The third-order valence-corrected chi connectivity index (χ3v) is 1.93. The second-order valence-electron chi connectivity index (χ2n) is 3.18. The van der Waals surface area contributed by atoms with E-state index in [0.29, 0.717) is 6.42 Å². The summed E-state index contributed by atoms with van der Waals surface area (Å²) in [6.45, 7) is 1.88. The van der Waals surface area contributed by atoms with Gasteiger partial charge in [-0.2, -0.15) is 0 Å². The van der Waals surface area contributed by atoms with Crippen LogP contribution in [0, 0.1) is 0 Å². The molecule has 1 unspecified atom stereocenters. The summed E-state index contributed by atoms with van der Waals surface area (Å²) in [6.07, 6.45) is 0.797. The number of carbonyl (C=O) groups is 3. The minimum Gasteiger partial charge on any atom is -0.469 e. The fraction of sp³-hybridized carbons (Fsp3) is 0.700. The molecule has 0 bridgehead atoms. The smallest absolute Gasteiger partial charge is 0.328 e. The van der Waals surface area contributed by atoms with Gasteiger partial charge in [0.05, 0.1) is 14.2 Å². The van der Waals surface area contributed by atoms with E-state index in [9.17, 15) is 14.4 Å². The van der Waals surface area contributed by atoms with Gasteiger partial charge in [-0.3, -0.25) is 9.59 Å². The van der Waals surface area contributed by atoms with E-state index in [-0.39, 0.29) is 0 Å². The Labute approximate surface area is 94.3 Å². The van der Waals surface area contributed by atoms with Gasteiger partial charge in [0.1, 0.15) is 12.5 Å². The SMILES string of the molecule is CCCC(NC(=O)CC(=O)OC)C(=O)OC. The molecule has 92 valence electrons. The highest BCUT2D eigenvalue weighted by Gasteiger charge is 2.21. The first-order valence-electron chi connectivity index (χ1n) is 4.99. The van der Waals surface area contributed by atoms with Crippen molar-refractivity contribution in [2.75, 3.05) is 14.2 Å². The Morgan fingerprint density at radius 3 is 2.25 bits per heavy atom. The maximum absolute atomic E-state index is 11.3. The van der Waals surface area contributed by atoms with Crippen LogP contribution in [0.3, 0.4) is 0 Å². The van der Waals surface area contributed by atoms with Crippen molar-refractivity contribution in [2.24, 2.45) is 0 Å². The van der Waals surface area contributed by atoms with Crippen LogP contribution in [0.15, 0.2) is 0 Å². The molecular formula is C10H17NO5. The van der Waals surface area contributed by atoms with Crippen LogP contribution >= 0.6 is 0 Å². The molecule has 1 amide bonds. The molecule has 0 aliphatic carbocycles. The summed E-state index contributed by atoms with van der Waals surface area (Å²) in [5, 5.41) is 2.42. The van der Waals surface area contributed by atoms with Gasteiger partial charge in [-0.25, -0.2) is 4.79 Å². The van der Waals surface area contributed by atoms with E-state index >= 15 is 0 Å². The zero-order valence-electron chi connectivity index (χ0n) is 9.74. The molecule has 0 saturated carbocycles. The van der Waals surface area contributed by atoms with Crippen LogP contribution in [0.5, 0.6) is 0 Å². The van der Waals surface area contributed by atoms with Gasteiger partial charge in [0.25, 0.3) is 0 Å². The quantitative estimate of drug-likeness (QED) is 0.514. The maximum Gasteiger partial charge on any atom is 0.328 e. The molecule has 1 N–H and O–H groups in total. The first-order valence-corrected chi connectivity index (χ1v) is 4.99. The number of hydrogen-bond donors (Lipinski definition) is 1. The largest absolute Gasteiger partial charge is 0.469 e. The molecule has 0 spiro atoms. The van der Waals surface area contributed by atoms with Crippen molar-refractivity contribution in [1.29, 1.82) is 0 Å². The number of methoxy groups -OCH3 is 2. The molecule has 16 heavy (non-hydrogen) atoms. The van der Waals surface area contributed by atoms with Crippen molar-refractivity contribution in [3.63, 3.8) is 0 Å². The van der Waals surface area contributed by atoms with E-state index in [1.807, 2.05) is 6.92 Å². The lowest BCUT2D eigenvalue weighted by Gasteiger charge is -2.14. The van der Waals surface area contributed by atoms with Crippen LogP contribution in [0.25, 0.3) is 0 Å². The second-order valence-corrected chi connectivity index (χ2v) is 3.18. The summed E-state index contributed by atoms with van der Waals surface area (Å²) in [4.78, 5) is 33.3. The average molecular weight is 231 g/mol. The number of carbonyl (C=O) groups excluding carboxylic acids is 3. The van der Waals surface area contributed by atoms with Crippen LogP contribution < -0.4 is 5.32 Å². The Balaban J connectivity index is 4.23. The van der Waals surface area contributed by atoms with E-state index in [1.54, 1.807) is 0 Å². The Kier molecular flexibility index (Phi) is 6.91. The Bertz CT molecular complexity index is 264. The summed E-state index contributed by atoms with van der Waals surface area (Å²) < 4.78 is 8.86. The minimum atomic E-state index is -0.702. The second kappa shape index (κ2) is 7.67. The summed E-state index contributed by atoms with van der Waals surface area (Å²) in [5.41, 5.74) is 0. The number of rotatable bonds is 6. The van der Waals surface area contributed by atoms with E-state index in [2.05, 4.69) is 14.8 Å². The summed E-state index contributed by atoms with van der Waals surface area (Å²) >= 11 is 0. The molecule has 0 rings (SSSR count). The minimum absolute atomic E-state index is 0.395. The van der Waals surface area contributed by atoms with E-state index in [1.165, 1.54) is 14.2 Å². The van der Waals surface area contributed by atoms with Gasteiger partial charge in [-0.05, 0) is 6.42 Å². The lowest BCUT2D eigenvalue weighted by Crippen LogP contribution is -2.42. The van der Waals surface area contributed by atoms with Crippen LogP contribution in [0.1, 0.15) is 26.2 Å². The first kappa shape index (κ1) is 14.4. The van der Waals surface area contributed by atoms with Gasteiger partial charge in [0.2, 0.25) is 5.91 Å². The predicted octanol–water partition coefficient (Wildman–Crippen LogP) is 0.00740. The van der Waals surface area contributed by atoms with Crippen molar-refractivity contribution in [1.82, 2.24) is 5.32 Å². The zero-order valence-corrected chi connectivity index (χ0v) is 9.74. The number of ether oxygens (including phenoxy) is 2. The number of hydrogen-bond acceptors (Lipinski definition) is 5. The van der Waals surface area contributed by atoms with Crippen LogP contribution in [-0.4, -0.2) is 38.1 Å². The van der Waals surface area contributed by atoms with Crippen molar-refractivity contribution in [3.8, 4) is 0 Å². The van der Waals surface area contributed by atoms with Gasteiger partial charge < -0.3 is 14.8 Å². The van der Waals surface area contributed by atoms with Gasteiger partial charge in [0, 0.05) is 0 Å². The molecule has 0 aliphatic rings. The zero-order chi connectivity index (χ0) is 12.6. The molecule has 0 fully saturated rings. The topological polar surface area (TPSA) is 81.7 Å². The molecular weight excluding hydrogens is 214 g/mol. The van der Waals surface area contributed by atoms with Gasteiger partial charge in [-0.1, -0.05) is 13.3 Å². The lowest BCUT2D eigenvalue weighted by atomic mass is 10.1. The van der Waals surface area contributed by atoms with E-state index in [0.717, 1.165) is 6.42 Å².